The molecule has 0 amide bonds. The van der Waals surface area contributed by atoms with E-state index in [1.54, 1.807) is 0 Å². The van der Waals surface area contributed by atoms with Crippen LogP contribution in [0, 0.1) is 18.3 Å². The Morgan fingerprint density at radius 3 is 2.00 bits per heavy atom. The molecule has 1 atom stereocenters. The molecule has 61 valence electrons. The van der Waals surface area contributed by atoms with Crippen LogP contribution in [0.2, 0.25) is 0 Å². The second-order valence-corrected chi connectivity index (χ2v) is 3.23. The number of hydrogen-bond acceptors (Lipinski definition) is 0. The zero-order valence-electron chi connectivity index (χ0n) is 7.85. The van der Waals surface area contributed by atoms with Gasteiger partial charge in [-0.15, -0.1) is 0 Å². The Morgan fingerprint density at radius 1 is 1.20 bits per heavy atom. The van der Waals surface area contributed by atoms with Gasteiger partial charge < -0.3 is 0 Å². The molecule has 0 spiro atoms. The van der Waals surface area contributed by atoms with Gasteiger partial charge in [-0.1, -0.05) is 40.5 Å². The summed E-state index contributed by atoms with van der Waals surface area (Å²) in [5.74, 6) is 1.76. The molecule has 0 bridgehead atoms. The van der Waals surface area contributed by atoms with E-state index in [2.05, 4.69) is 34.1 Å². The van der Waals surface area contributed by atoms with Crippen molar-refractivity contribution in [2.45, 2.75) is 47.0 Å². The number of hydrogen-bond donors (Lipinski definition) is 0. The van der Waals surface area contributed by atoms with E-state index in [1.807, 2.05) is 0 Å². The smallest absolute Gasteiger partial charge is 0.0389 e. The maximum absolute atomic E-state index is 2.30. The molecule has 1 unspecified atom stereocenters. The van der Waals surface area contributed by atoms with Crippen molar-refractivity contribution < 1.29 is 0 Å². The van der Waals surface area contributed by atoms with Gasteiger partial charge in [0, 0.05) is 0 Å². The Hall–Kier alpha value is 0. The first-order chi connectivity index (χ1) is 4.74. The summed E-state index contributed by atoms with van der Waals surface area (Å²) in [5, 5.41) is 0. The van der Waals surface area contributed by atoms with Crippen LogP contribution in [-0.4, -0.2) is 0 Å². The molecule has 0 aromatic rings. The fourth-order valence-corrected chi connectivity index (χ4v) is 1.28. The molecular formula is C10H21. The highest BCUT2D eigenvalue weighted by Crippen LogP contribution is 2.19. The molecule has 0 nitrogen and oxygen atoms in total. The molecule has 0 fully saturated rings. The molecule has 0 aromatic heterocycles. The average molecular weight is 141 g/mol. The summed E-state index contributed by atoms with van der Waals surface area (Å²) in [6, 6.07) is 0. The number of rotatable bonds is 5. The Balaban J connectivity index is 3.41. The summed E-state index contributed by atoms with van der Waals surface area (Å²) in [4.78, 5) is 0. The third-order valence-corrected chi connectivity index (χ3v) is 2.43. The van der Waals surface area contributed by atoms with E-state index in [4.69, 9.17) is 0 Å². The van der Waals surface area contributed by atoms with E-state index >= 15 is 0 Å². The van der Waals surface area contributed by atoms with E-state index in [0.717, 1.165) is 11.8 Å². The highest BCUT2D eigenvalue weighted by atomic mass is 14.1. The highest BCUT2D eigenvalue weighted by molar-refractivity contribution is 4.69. The van der Waals surface area contributed by atoms with Gasteiger partial charge >= 0.3 is 0 Å². The maximum atomic E-state index is 2.30. The normalized spacial score (nSPS) is 14.1. The second kappa shape index (κ2) is 5.76. The molecule has 1 radical (unpaired) electrons. The predicted octanol–water partition coefficient (Wildman–Crippen LogP) is 3.67. The highest BCUT2D eigenvalue weighted by Gasteiger charge is 2.07. The standard InChI is InChI=1S/C10H21/c1-5-9(4)8-10(6-2)7-3/h5,9-10H,6-8H2,1-4H3. The summed E-state index contributed by atoms with van der Waals surface area (Å²) in [6.45, 7) is 9.04. The summed E-state index contributed by atoms with van der Waals surface area (Å²) in [7, 11) is 0. The Morgan fingerprint density at radius 2 is 1.70 bits per heavy atom. The molecule has 10 heavy (non-hydrogen) atoms. The second-order valence-electron chi connectivity index (χ2n) is 3.23. The molecule has 0 aliphatic carbocycles. The van der Waals surface area contributed by atoms with Crippen molar-refractivity contribution >= 4 is 0 Å². The monoisotopic (exact) mass is 141 g/mol. The first-order valence-electron chi connectivity index (χ1n) is 4.54. The van der Waals surface area contributed by atoms with E-state index in [9.17, 15) is 0 Å². The van der Waals surface area contributed by atoms with Crippen molar-refractivity contribution in [1.29, 1.82) is 0 Å². The fraction of sp³-hybridized carbons (Fsp3) is 0.900. The Bertz CT molecular complexity index is 62.4. The predicted molar refractivity (Wildman–Crippen MR) is 47.8 cm³/mol. The topological polar surface area (TPSA) is 0 Å². The van der Waals surface area contributed by atoms with E-state index in [-0.39, 0.29) is 0 Å². The molecule has 0 aliphatic rings. The Kier molecular flexibility index (Phi) is 5.76. The van der Waals surface area contributed by atoms with Crippen LogP contribution in [0.4, 0.5) is 0 Å². The van der Waals surface area contributed by atoms with Crippen molar-refractivity contribution in [3.63, 3.8) is 0 Å². The zero-order chi connectivity index (χ0) is 7.98. The van der Waals surface area contributed by atoms with Crippen molar-refractivity contribution in [3.8, 4) is 0 Å². The summed E-state index contributed by atoms with van der Waals surface area (Å²) >= 11 is 0. The van der Waals surface area contributed by atoms with Crippen molar-refractivity contribution in [3.05, 3.63) is 6.42 Å². The third-order valence-electron chi connectivity index (χ3n) is 2.43. The van der Waals surface area contributed by atoms with Crippen molar-refractivity contribution in [2.75, 3.05) is 0 Å². The van der Waals surface area contributed by atoms with Crippen molar-refractivity contribution in [2.24, 2.45) is 11.8 Å². The fourth-order valence-electron chi connectivity index (χ4n) is 1.28. The summed E-state index contributed by atoms with van der Waals surface area (Å²) in [6.07, 6.45) is 6.37. The maximum Gasteiger partial charge on any atom is -0.0389 e. The van der Waals surface area contributed by atoms with Gasteiger partial charge in [-0.3, -0.25) is 0 Å². The van der Waals surface area contributed by atoms with Crippen LogP contribution < -0.4 is 0 Å². The van der Waals surface area contributed by atoms with Gasteiger partial charge in [0.15, 0.2) is 0 Å². The average Bonchev–Trinajstić information content (AvgIpc) is 1.99. The van der Waals surface area contributed by atoms with Gasteiger partial charge in [0.2, 0.25) is 0 Å². The van der Waals surface area contributed by atoms with Gasteiger partial charge in [0.05, 0.1) is 0 Å². The molecule has 0 heterocycles. The SMILES string of the molecule is C[CH]C(C)CC(CC)CC. The van der Waals surface area contributed by atoms with E-state index in [1.165, 1.54) is 19.3 Å². The van der Waals surface area contributed by atoms with Gasteiger partial charge in [0.25, 0.3) is 0 Å². The van der Waals surface area contributed by atoms with Crippen LogP contribution >= 0.6 is 0 Å². The van der Waals surface area contributed by atoms with Crippen LogP contribution in [0.3, 0.4) is 0 Å². The lowest BCUT2D eigenvalue weighted by molar-refractivity contribution is 0.397. The van der Waals surface area contributed by atoms with Gasteiger partial charge in [0.1, 0.15) is 0 Å². The summed E-state index contributed by atoms with van der Waals surface area (Å²) in [5.41, 5.74) is 0. The van der Waals surface area contributed by atoms with Crippen LogP contribution in [0.15, 0.2) is 0 Å². The van der Waals surface area contributed by atoms with E-state index in [0.29, 0.717) is 0 Å². The molecular weight excluding hydrogens is 120 g/mol. The van der Waals surface area contributed by atoms with Crippen molar-refractivity contribution in [1.82, 2.24) is 0 Å². The van der Waals surface area contributed by atoms with Gasteiger partial charge in [-0.05, 0) is 24.7 Å². The lowest BCUT2D eigenvalue weighted by Crippen LogP contribution is -2.03. The molecule has 0 aliphatic heterocycles. The first kappa shape index (κ1) is 10.0. The molecule has 0 saturated heterocycles. The van der Waals surface area contributed by atoms with Crippen LogP contribution in [-0.2, 0) is 0 Å². The molecule has 0 heteroatoms. The van der Waals surface area contributed by atoms with Crippen LogP contribution in [0.5, 0.6) is 0 Å². The van der Waals surface area contributed by atoms with Gasteiger partial charge in [-0.25, -0.2) is 0 Å². The quantitative estimate of drug-likeness (QED) is 0.548. The van der Waals surface area contributed by atoms with E-state index < -0.39 is 0 Å². The van der Waals surface area contributed by atoms with Crippen LogP contribution in [0.25, 0.3) is 0 Å². The minimum atomic E-state index is 0.810. The molecule has 0 N–H and O–H groups in total. The largest absolute Gasteiger partial charge is 0.0651 e. The molecule has 0 saturated carbocycles. The molecule has 0 aromatic carbocycles. The lowest BCUT2D eigenvalue weighted by Gasteiger charge is -2.15. The summed E-state index contributed by atoms with van der Waals surface area (Å²) < 4.78 is 0. The minimum Gasteiger partial charge on any atom is -0.0651 e. The minimum absolute atomic E-state index is 0.810. The van der Waals surface area contributed by atoms with Crippen LogP contribution in [0.1, 0.15) is 47.0 Å². The third kappa shape index (κ3) is 3.92. The first-order valence-corrected chi connectivity index (χ1v) is 4.54. The Labute approximate surface area is 66.0 Å². The zero-order valence-corrected chi connectivity index (χ0v) is 7.85. The lowest BCUT2D eigenvalue weighted by atomic mass is 9.90. The van der Waals surface area contributed by atoms with Gasteiger partial charge in [-0.2, -0.15) is 0 Å². The molecule has 0 rings (SSSR count).